The number of carbonyl (C=O) groups excluding carboxylic acids is 1. The van der Waals surface area contributed by atoms with Gasteiger partial charge in [0, 0.05) is 11.9 Å². The molecule has 0 aliphatic carbocycles. The van der Waals surface area contributed by atoms with Crippen molar-refractivity contribution in [3.8, 4) is 11.5 Å². The Morgan fingerprint density at radius 1 is 1.33 bits per heavy atom. The van der Waals surface area contributed by atoms with Crippen LogP contribution in [0.5, 0.6) is 11.5 Å². The second kappa shape index (κ2) is 7.16. The number of hydrogen-bond acceptors (Lipinski definition) is 3. The first-order valence-corrected chi connectivity index (χ1v) is 9.38. The number of halogens is 1. The average molecular weight is 385 g/mol. The van der Waals surface area contributed by atoms with Crippen molar-refractivity contribution in [1.82, 2.24) is 9.88 Å². The maximum Gasteiger partial charge on any atom is 0.268 e. The molecule has 140 valence electrons. The molecule has 0 radical (unpaired) electrons. The molecule has 6 heteroatoms. The first-order chi connectivity index (χ1) is 13.1. The Morgan fingerprint density at radius 2 is 2.19 bits per heavy atom. The summed E-state index contributed by atoms with van der Waals surface area (Å²) in [6.07, 6.45) is 0.909. The Labute approximate surface area is 162 Å². The lowest BCUT2D eigenvalue weighted by Crippen LogP contribution is -2.31. The fraction of sp³-hybridized carbons (Fsp3) is 0.286. The summed E-state index contributed by atoms with van der Waals surface area (Å²) in [6.45, 7) is 3.13. The second-order valence-corrected chi connectivity index (χ2v) is 7.04. The van der Waals surface area contributed by atoms with E-state index in [2.05, 4.69) is 12.2 Å². The molecule has 2 heterocycles. The molecule has 1 aromatic heterocycles. The van der Waals surface area contributed by atoms with Gasteiger partial charge in [-0.25, -0.2) is 0 Å². The Morgan fingerprint density at radius 3 is 2.96 bits per heavy atom. The maximum atomic E-state index is 12.9. The quantitative estimate of drug-likeness (QED) is 0.709. The van der Waals surface area contributed by atoms with Gasteiger partial charge in [0.05, 0.1) is 24.2 Å². The van der Waals surface area contributed by atoms with Crippen LogP contribution < -0.4 is 14.8 Å². The number of nitrogens with zero attached hydrogens (tertiary/aromatic N) is 1. The zero-order valence-corrected chi connectivity index (χ0v) is 16.0. The van der Waals surface area contributed by atoms with E-state index in [9.17, 15) is 4.79 Å². The predicted molar refractivity (Wildman–Crippen MR) is 106 cm³/mol. The van der Waals surface area contributed by atoms with Crippen LogP contribution in [0, 0.1) is 0 Å². The molecule has 0 fully saturated rings. The van der Waals surface area contributed by atoms with Crippen molar-refractivity contribution in [3.05, 3.63) is 58.7 Å². The molecule has 3 aromatic rings. The molecule has 0 bridgehead atoms. The first-order valence-electron chi connectivity index (χ1n) is 9.00. The predicted octanol–water partition coefficient (Wildman–Crippen LogP) is 4.40. The number of nitrogens with one attached hydrogen (secondary N) is 1. The Bertz CT molecular complexity index is 1010. The Kier molecular flexibility index (Phi) is 4.70. The number of hydrogen-bond donors (Lipinski definition) is 1. The molecule has 0 spiro atoms. The third-order valence-electron chi connectivity index (χ3n) is 4.92. The SMILES string of the molecule is CC[C@@H]1Cn2c(C(=O)NCc3cccc(OC)c3)cc3c(Cl)ccc(c32)O1. The number of rotatable bonds is 5. The molecular formula is C21H21ClN2O3. The molecule has 4 rings (SSSR count). The van der Waals surface area contributed by atoms with Crippen LogP contribution in [-0.2, 0) is 13.1 Å². The van der Waals surface area contributed by atoms with E-state index in [1.807, 2.05) is 47.0 Å². The van der Waals surface area contributed by atoms with Gasteiger partial charge in [0.25, 0.3) is 5.91 Å². The summed E-state index contributed by atoms with van der Waals surface area (Å²) >= 11 is 6.36. The van der Waals surface area contributed by atoms with Crippen LogP contribution in [0.15, 0.2) is 42.5 Å². The summed E-state index contributed by atoms with van der Waals surface area (Å²) in [5.74, 6) is 1.41. The minimum Gasteiger partial charge on any atom is -0.497 e. The zero-order chi connectivity index (χ0) is 19.0. The van der Waals surface area contributed by atoms with Crippen LogP contribution >= 0.6 is 11.6 Å². The average Bonchev–Trinajstić information content (AvgIpc) is 3.10. The van der Waals surface area contributed by atoms with Crippen molar-refractivity contribution in [2.45, 2.75) is 32.5 Å². The van der Waals surface area contributed by atoms with E-state index in [1.54, 1.807) is 7.11 Å². The van der Waals surface area contributed by atoms with Gasteiger partial charge in [0.15, 0.2) is 0 Å². The monoisotopic (exact) mass is 384 g/mol. The van der Waals surface area contributed by atoms with Gasteiger partial charge < -0.3 is 19.4 Å². The maximum absolute atomic E-state index is 12.9. The van der Waals surface area contributed by atoms with E-state index >= 15 is 0 Å². The summed E-state index contributed by atoms with van der Waals surface area (Å²) in [5, 5.41) is 4.46. The van der Waals surface area contributed by atoms with Crippen LogP contribution in [0.3, 0.4) is 0 Å². The minimum atomic E-state index is -0.132. The van der Waals surface area contributed by atoms with E-state index in [4.69, 9.17) is 21.1 Å². The number of ether oxygens (including phenoxy) is 2. The van der Waals surface area contributed by atoms with Crippen LogP contribution in [0.1, 0.15) is 29.4 Å². The number of amides is 1. The fourth-order valence-electron chi connectivity index (χ4n) is 3.48. The van der Waals surface area contributed by atoms with Gasteiger partial charge in [0.1, 0.15) is 23.3 Å². The van der Waals surface area contributed by atoms with Gasteiger partial charge in [0.2, 0.25) is 0 Å². The molecule has 27 heavy (non-hydrogen) atoms. The summed E-state index contributed by atoms with van der Waals surface area (Å²) in [7, 11) is 1.63. The molecule has 0 unspecified atom stereocenters. The van der Waals surface area contributed by atoms with Crippen LogP contribution in [0.2, 0.25) is 5.02 Å². The standard InChI is InChI=1S/C21H21ClN2O3/c1-3-14-12-24-18(10-16-17(22)7-8-19(27-14)20(16)24)21(25)23-11-13-5-4-6-15(9-13)26-2/h4-10,14H,3,11-12H2,1-2H3,(H,23,25)/t14-/m1/s1. The number of aromatic nitrogens is 1. The van der Waals surface area contributed by atoms with E-state index in [0.717, 1.165) is 34.4 Å². The van der Waals surface area contributed by atoms with E-state index in [-0.39, 0.29) is 12.0 Å². The van der Waals surface area contributed by atoms with Gasteiger partial charge in [-0.05, 0) is 42.3 Å². The Hall–Kier alpha value is -2.66. The fourth-order valence-corrected chi connectivity index (χ4v) is 3.68. The highest BCUT2D eigenvalue weighted by atomic mass is 35.5. The molecule has 1 atom stereocenters. The lowest BCUT2D eigenvalue weighted by molar-refractivity contribution is 0.0935. The molecule has 1 amide bonds. The number of methoxy groups -OCH3 is 1. The van der Waals surface area contributed by atoms with Crippen molar-refractivity contribution < 1.29 is 14.3 Å². The molecule has 2 aromatic carbocycles. The topological polar surface area (TPSA) is 52.5 Å². The summed E-state index contributed by atoms with van der Waals surface area (Å²) in [5.41, 5.74) is 2.47. The van der Waals surface area contributed by atoms with Gasteiger partial charge >= 0.3 is 0 Å². The van der Waals surface area contributed by atoms with Gasteiger partial charge in [-0.2, -0.15) is 0 Å². The van der Waals surface area contributed by atoms with E-state index < -0.39 is 0 Å². The largest absolute Gasteiger partial charge is 0.497 e. The summed E-state index contributed by atoms with van der Waals surface area (Å²) in [4.78, 5) is 12.9. The Balaban J connectivity index is 1.64. The highest BCUT2D eigenvalue weighted by Crippen LogP contribution is 2.38. The smallest absolute Gasteiger partial charge is 0.268 e. The van der Waals surface area contributed by atoms with Crippen molar-refractivity contribution in [2.75, 3.05) is 7.11 Å². The van der Waals surface area contributed by atoms with Crippen molar-refractivity contribution in [2.24, 2.45) is 0 Å². The summed E-state index contributed by atoms with van der Waals surface area (Å²) < 4.78 is 13.3. The minimum absolute atomic E-state index is 0.0409. The number of carbonyl (C=O) groups is 1. The molecule has 1 aliphatic heterocycles. The summed E-state index contributed by atoms with van der Waals surface area (Å²) in [6, 6.07) is 13.2. The van der Waals surface area contributed by atoms with Gasteiger partial charge in [-0.15, -0.1) is 0 Å². The molecule has 1 N–H and O–H groups in total. The lowest BCUT2D eigenvalue weighted by Gasteiger charge is -2.26. The number of benzene rings is 2. The van der Waals surface area contributed by atoms with Crippen LogP contribution in [-0.4, -0.2) is 23.7 Å². The third kappa shape index (κ3) is 3.23. The third-order valence-corrected chi connectivity index (χ3v) is 5.25. The molecule has 0 saturated carbocycles. The van der Waals surface area contributed by atoms with E-state index in [1.165, 1.54) is 0 Å². The van der Waals surface area contributed by atoms with Gasteiger partial charge in [-0.3, -0.25) is 4.79 Å². The highest BCUT2D eigenvalue weighted by molar-refractivity contribution is 6.36. The molecule has 1 aliphatic rings. The second-order valence-electron chi connectivity index (χ2n) is 6.63. The molecule has 0 saturated heterocycles. The molecular weight excluding hydrogens is 364 g/mol. The molecule has 5 nitrogen and oxygen atoms in total. The first kappa shape index (κ1) is 17.7. The highest BCUT2D eigenvalue weighted by Gasteiger charge is 2.26. The van der Waals surface area contributed by atoms with Gasteiger partial charge in [-0.1, -0.05) is 30.7 Å². The normalized spacial score (nSPS) is 15.4. The van der Waals surface area contributed by atoms with Crippen molar-refractivity contribution in [3.63, 3.8) is 0 Å². The van der Waals surface area contributed by atoms with Crippen LogP contribution in [0.25, 0.3) is 10.9 Å². The van der Waals surface area contributed by atoms with Crippen molar-refractivity contribution in [1.29, 1.82) is 0 Å². The van der Waals surface area contributed by atoms with Crippen LogP contribution in [0.4, 0.5) is 0 Å². The van der Waals surface area contributed by atoms with Crippen molar-refractivity contribution >= 4 is 28.4 Å². The van der Waals surface area contributed by atoms with E-state index in [0.29, 0.717) is 23.8 Å². The lowest BCUT2D eigenvalue weighted by atomic mass is 10.2. The zero-order valence-electron chi connectivity index (χ0n) is 15.3.